The van der Waals surface area contributed by atoms with E-state index in [1.54, 1.807) is 0 Å². The third-order valence-corrected chi connectivity index (χ3v) is 6.95. The summed E-state index contributed by atoms with van der Waals surface area (Å²) in [5, 5.41) is 6.87. The molecule has 2 N–H and O–H groups in total. The monoisotopic (exact) mass is 434 g/mol. The average Bonchev–Trinajstić information content (AvgIpc) is 2.86. The standard InChI is InChI=1S/C27H38N4O/c1-22(23-8-4-2-5-9-23)29-27(32)24-10-12-26(13-11-24)31-19-14-25(15-20-31)28-16-21-30-17-6-3-7-18-30/h2,4-5,8-13,22,25,28H,3,6-7,14-21H2,1H3,(H,29,32). The third kappa shape index (κ3) is 6.33. The molecule has 2 aromatic rings. The molecule has 0 bridgehead atoms. The van der Waals surface area contributed by atoms with Crippen molar-refractivity contribution in [3.8, 4) is 0 Å². The first-order valence-corrected chi connectivity index (χ1v) is 12.4. The molecule has 32 heavy (non-hydrogen) atoms. The van der Waals surface area contributed by atoms with E-state index in [0.717, 1.165) is 25.2 Å². The maximum atomic E-state index is 12.6. The molecular weight excluding hydrogens is 396 g/mol. The Morgan fingerprint density at radius 2 is 1.62 bits per heavy atom. The van der Waals surface area contributed by atoms with Crippen LogP contribution in [0.25, 0.3) is 0 Å². The number of amides is 1. The van der Waals surface area contributed by atoms with Gasteiger partial charge in [0.1, 0.15) is 0 Å². The lowest BCUT2D eigenvalue weighted by Gasteiger charge is -2.35. The van der Waals surface area contributed by atoms with Crippen LogP contribution in [0.5, 0.6) is 0 Å². The summed E-state index contributed by atoms with van der Waals surface area (Å²) in [7, 11) is 0. The van der Waals surface area contributed by atoms with E-state index in [4.69, 9.17) is 0 Å². The van der Waals surface area contributed by atoms with Crippen molar-refractivity contribution < 1.29 is 4.79 Å². The number of hydrogen-bond acceptors (Lipinski definition) is 4. The van der Waals surface area contributed by atoms with Crippen molar-refractivity contribution >= 4 is 11.6 Å². The topological polar surface area (TPSA) is 47.6 Å². The van der Waals surface area contributed by atoms with E-state index in [0.29, 0.717) is 11.6 Å². The Morgan fingerprint density at radius 1 is 0.938 bits per heavy atom. The lowest BCUT2D eigenvalue weighted by molar-refractivity contribution is 0.0940. The summed E-state index contributed by atoms with van der Waals surface area (Å²) in [5.74, 6) is -0.0236. The fraction of sp³-hybridized carbons (Fsp3) is 0.519. The van der Waals surface area contributed by atoms with Crippen LogP contribution in [0.1, 0.15) is 61.0 Å². The van der Waals surface area contributed by atoms with E-state index in [1.165, 1.54) is 57.4 Å². The predicted octanol–water partition coefficient (Wildman–Crippen LogP) is 4.22. The molecule has 2 heterocycles. The number of rotatable bonds is 8. The first-order valence-electron chi connectivity index (χ1n) is 12.4. The van der Waals surface area contributed by atoms with Gasteiger partial charge in [-0.1, -0.05) is 36.8 Å². The number of nitrogens with one attached hydrogen (secondary N) is 2. The number of likely N-dealkylation sites (tertiary alicyclic amines) is 1. The van der Waals surface area contributed by atoms with Gasteiger partial charge in [-0.2, -0.15) is 0 Å². The van der Waals surface area contributed by atoms with Crippen molar-refractivity contribution in [3.05, 3.63) is 65.7 Å². The Bertz CT molecular complexity index is 824. The summed E-state index contributed by atoms with van der Waals surface area (Å²) >= 11 is 0. The van der Waals surface area contributed by atoms with Gasteiger partial charge < -0.3 is 20.4 Å². The van der Waals surface area contributed by atoms with Gasteiger partial charge in [-0.15, -0.1) is 0 Å². The van der Waals surface area contributed by atoms with Crippen LogP contribution < -0.4 is 15.5 Å². The molecule has 2 aliphatic heterocycles. The van der Waals surface area contributed by atoms with Gasteiger partial charge >= 0.3 is 0 Å². The number of nitrogens with zero attached hydrogens (tertiary/aromatic N) is 2. The highest BCUT2D eigenvalue weighted by Crippen LogP contribution is 2.21. The van der Waals surface area contributed by atoms with Crippen LogP contribution in [-0.2, 0) is 0 Å². The molecule has 0 saturated carbocycles. The summed E-state index contributed by atoms with van der Waals surface area (Å²) in [5.41, 5.74) is 3.04. The summed E-state index contributed by atoms with van der Waals surface area (Å²) in [6.45, 7) is 9.00. The van der Waals surface area contributed by atoms with E-state index in [2.05, 4.69) is 32.6 Å². The van der Waals surface area contributed by atoms with Crippen LogP contribution in [0.4, 0.5) is 5.69 Å². The molecule has 5 nitrogen and oxygen atoms in total. The molecule has 4 rings (SSSR count). The van der Waals surface area contributed by atoms with Crippen molar-refractivity contribution in [3.63, 3.8) is 0 Å². The fourth-order valence-electron chi connectivity index (χ4n) is 4.88. The van der Waals surface area contributed by atoms with Crippen molar-refractivity contribution in [2.45, 2.75) is 51.1 Å². The van der Waals surface area contributed by atoms with Gasteiger partial charge in [0.2, 0.25) is 0 Å². The van der Waals surface area contributed by atoms with E-state index >= 15 is 0 Å². The third-order valence-electron chi connectivity index (χ3n) is 6.95. The first-order chi connectivity index (χ1) is 15.7. The lowest BCUT2D eigenvalue weighted by Crippen LogP contribution is -2.45. The number of benzene rings is 2. The molecule has 2 aliphatic rings. The van der Waals surface area contributed by atoms with Crippen LogP contribution in [0.3, 0.4) is 0 Å². The molecule has 0 spiro atoms. The molecule has 1 unspecified atom stereocenters. The highest BCUT2D eigenvalue weighted by Gasteiger charge is 2.20. The highest BCUT2D eigenvalue weighted by molar-refractivity contribution is 5.94. The molecule has 5 heteroatoms. The second-order valence-electron chi connectivity index (χ2n) is 9.27. The van der Waals surface area contributed by atoms with Gasteiger partial charge in [-0.05, 0) is 75.5 Å². The summed E-state index contributed by atoms with van der Waals surface area (Å²) in [6, 6.07) is 18.8. The minimum absolute atomic E-state index is 0.00943. The number of piperidine rings is 2. The zero-order valence-electron chi connectivity index (χ0n) is 19.4. The van der Waals surface area contributed by atoms with Crippen LogP contribution >= 0.6 is 0 Å². The summed E-state index contributed by atoms with van der Waals surface area (Å²) in [6.07, 6.45) is 6.49. The number of carbonyl (C=O) groups excluding carboxylic acids is 1. The number of anilines is 1. The van der Waals surface area contributed by atoms with E-state index in [-0.39, 0.29) is 11.9 Å². The van der Waals surface area contributed by atoms with Gasteiger partial charge in [-0.3, -0.25) is 4.79 Å². The second-order valence-corrected chi connectivity index (χ2v) is 9.27. The average molecular weight is 435 g/mol. The number of hydrogen-bond donors (Lipinski definition) is 2. The molecule has 2 fully saturated rings. The van der Waals surface area contributed by atoms with E-state index in [1.807, 2.05) is 49.4 Å². The van der Waals surface area contributed by atoms with Crippen LogP contribution in [-0.4, -0.2) is 56.1 Å². The highest BCUT2D eigenvalue weighted by atomic mass is 16.1. The van der Waals surface area contributed by atoms with Crippen molar-refractivity contribution in [2.24, 2.45) is 0 Å². The van der Waals surface area contributed by atoms with Crippen molar-refractivity contribution in [2.75, 3.05) is 44.2 Å². The van der Waals surface area contributed by atoms with E-state index in [9.17, 15) is 4.79 Å². The molecule has 0 aliphatic carbocycles. The Hall–Kier alpha value is -2.37. The zero-order valence-corrected chi connectivity index (χ0v) is 19.4. The molecule has 0 aromatic heterocycles. The van der Waals surface area contributed by atoms with Gasteiger partial charge in [0.15, 0.2) is 0 Å². The molecule has 0 radical (unpaired) electrons. The minimum atomic E-state index is -0.0236. The fourth-order valence-corrected chi connectivity index (χ4v) is 4.88. The summed E-state index contributed by atoms with van der Waals surface area (Å²) < 4.78 is 0. The molecule has 1 amide bonds. The van der Waals surface area contributed by atoms with Crippen LogP contribution in [0.15, 0.2) is 54.6 Å². The van der Waals surface area contributed by atoms with Crippen LogP contribution in [0, 0.1) is 0 Å². The Labute approximate surface area is 193 Å². The Balaban J connectivity index is 1.20. The van der Waals surface area contributed by atoms with Gasteiger partial charge in [0.05, 0.1) is 6.04 Å². The first kappa shape index (κ1) is 22.8. The molecule has 1 atom stereocenters. The van der Waals surface area contributed by atoms with E-state index < -0.39 is 0 Å². The molecular formula is C27H38N4O. The van der Waals surface area contributed by atoms with Gasteiger partial charge in [0.25, 0.3) is 5.91 Å². The van der Waals surface area contributed by atoms with Crippen molar-refractivity contribution in [1.82, 2.24) is 15.5 Å². The molecule has 172 valence electrons. The molecule has 2 saturated heterocycles. The quantitative estimate of drug-likeness (QED) is 0.653. The van der Waals surface area contributed by atoms with Gasteiger partial charge in [0, 0.05) is 43.5 Å². The second kappa shape index (κ2) is 11.5. The number of carbonyl (C=O) groups is 1. The van der Waals surface area contributed by atoms with Crippen LogP contribution in [0.2, 0.25) is 0 Å². The lowest BCUT2D eigenvalue weighted by atomic mass is 10.0. The summed E-state index contributed by atoms with van der Waals surface area (Å²) in [4.78, 5) is 17.7. The largest absolute Gasteiger partial charge is 0.371 e. The Morgan fingerprint density at radius 3 is 2.31 bits per heavy atom. The smallest absolute Gasteiger partial charge is 0.251 e. The van der Waals surface area contributed by atoms with Crippen molar-refractivity contribution in [1.29, 1.82) is 0 Å². The normalized spacial score (nSPS) is 19.0. The maximum absolute atomic E-state index is 12.6. The Kier molecular flexibility index (Phi) is 8.18. The minimum Gasteiger partial charge on any atom is -0.371 e. The predicted molar refractivity (Wildman–Crippen MR) is 132 cm³/mol. The SMILES string of the molecule is CC(NC(=O)c1ccc(N2CCC(NCCN3CCCCC3)CC2)cc1)c1ccccc1. The zero-order chi connectivity index (χ0) is 22.2. The van der Waals surface area contributed by atoms with Gasteiger partial charge in [-0.25, -0.2) is 0 Å². The maximum Gasteiger partial charge on any atom is 0.251 e. The molecule has 2 aromatic carbocycles.